The molecule has 3 aromatic rings. The first-order chi connectivity index (χ1) is 12.9. The highest BCUT2D eigenvalue weighted by atomic mass is 16.3. The summed E-state index contributed by atoms with van der Waals surface area (Å²) in [5.41, 5.74) is 2.95. The van der Waals surface area contributed by atoms with E-state index >= 15 is 0 Å². The third-order valence-electron chi connectivity index (χ3n) is 5.20. The van der Waals surface area contributed by atoms with Crippen LogP contribution in [0, 0.1) is 0 Å². The minimum Gasteiger partial charge on any atom is -0.507 e. The van der Waals surface area contributed by atoms with Crippen molar-refractivity contribution in [3.8, 4) is 5.75 Å². The molecule has 0 amide bonds. The lowest BCUT2D eigenvalue weighted by molar-refractivity contribution is 0.103. The topological polar surface area (TPSA) is 50.4 Å². The highest BCUT2D eigenvalue weighted by Crippen LogP contribution is 2.40. The van der Waals surface area contributed by atoms with E-state index in [2.05, 4.69) is 0 Å². The first kappa shape index (κ1) is 20.2. The number of aryl methyl sites for hydroxylation is 1. The Balaban J connectivity index is 2.29. The van der Waals surface area contributed by atoms with Gasteiger partial charge < -0.3 is 9.52 Å². The lowest BCUT2D eigenvalue weighted by atomic mass is 9.77. The molecule has 0 unspecified atom stereocenters. The second-order valence-corrected chi connectivity index (χ2v) is 9.50. The van der Waals surface area contributed by atoms with Crippen molar-refractivity contribution in [2.45, 2.75) is 65.7 Å². The Morgan fingerprint density at radius 2 is 1.50 bits per heavy atom. The summed E-state index contributed by atoms with van der Waals surface area (Å²) >= 11 is 0. The van der Waals surface area contributed by atoms with Crippen LogP contribution in [0.1, 0.15) is 81.3 Å². The van der Waals surface area contributed by atoms with Gasteiger partial charge in [-0.05, 0) is 29.0 Å². The first-order valence-electron chi connectivity index (χ1n) is 9.88. The molecule has 1 N–H and O–H groups in total. The van der Waals surface area contributed by atoms with E-state index in [-0.39, 0.29) is 22.4 Å². The number of phenolic OH excluding ortho intramolecular Hbond substituents is 1. The van der Waals surface area contributed by atoms with Crippen molar-refractivity contribution in [3.05, 3.63) is 64.4 Å². The highest BCUT2D eigenvalue weighted by Gasteiger charge is 2.29. The molecule has 0 aliphatic rings. The van der Waals surface area contributed by atoms with Gasteiger partial charge in [-0.2, -0.15) is 0 Å². The van der Waals surface area contributed by atoms with E-state index in [1.807, 2.05) is 84.9 Å². The lowest BCUT2D eigenvalue weighted by Gasteiger charge is -2.28. The number of aromatic hydroxyl groups is 1. The van der Waals surface area contributed by atoms with Gasteiger partial charge >= 0.3 is 0 Å². The number of fused-ring (bicyclic) bond motifs is 1. The van der Waals surface area contributed by atoms with E-state index in [1.54, 1.807) is 0 Å². The van der Waals surface area contributed by atoms with Gasteiger partial charge in [0.2, 0.25) is 0 Å². The summed E-state index contributed by atoms with van der Waals surface area (Å²) in [5.74, 6) is 0.927. The van der Waals surface area contributed by atoms with Crippen molar-refractivity contribution in [3.63, 3.8) is 0 Å². The Kier molecular flexibility index (Phi) is 4.91. The molecule has 0 bridgehead atoms. The number of carbonyl (C=O) groups is 1. The van der Waals surface area contributed by atoms with Gasteiger partial charge in [0.25, 0.3) is 0 Å². The quantitative estimate of drug-likeness (QED) is 0.527. The fraction of sp³-hybridized carbons (Fsp3) is 0.400. The average molecular weight is 379 g/mol. The summed E-state index contributed by atoms with van der Waals surface area (Å²) in [5, 5.41) is 11.8. The SMILES string of the molecule is CCc1oc2ccccc2c1C(=O)c1cc(C(C)(C)C)c(O)c(C(C)(C)C)c1. The molecule has 28 heavy (non-hydrogen) atoms. The van der Waals surface area contributed by atoms with Crippen molar-refractivity contribution in [1.29, 1.82) is 0 Å². The van der Waals surface area contributed by atoms with Crippen LogP contribution in [0.5, 0.6) is 5.75 Å². The van der Waals surface area contributed by atoms with E-state index in [0.29, 0.717) is 23.3 Å². The summed E-state index contributed by atoms with van der Waals surface area (Å²) in [4.78, 5) is 13.6. The number of hydrogen-bond donors (Lipinski definition) is 1. The third-order valence-corrected chi connectivity index (χ3v) is 5.20. The van der Waals surface area contributed by atoms with Gasteiger partial charge in [-0.1, -0.05) is 66.7 Å². The molecule has 1 aromatic heterocycles. The molecule has 0 radical (unpaired) electrons. The highest BCUT2D eigenvalue weighted by molar-refractivity contribution is 6.17. The van der Waals surface area contributed by atoms with E-state index < -0.39 is 0 Å². The largest absolute Gasteiger partial charge is 0.507 e. The summed E-state index contributed by atoms with van der Waals surface area (Å²) in [6.45, 7) is 14.3. The molecule has 0 spiro atoms. The van der Waals surface area contributed by atoms with Crippen molar-refractivity contribution in [2.24, 2.45) is 0 Å². The molecule has 0 saturated carbocycles. The number of hydrogen-bond acceptors (Lipinski definition) is 3. The van der Waals surface area contributed by atoms with Crippen LogP contribution < -0.4 is 0 Å². The van der Waals surface area contributed by atoms with Gasteiger partial charge in [0, 0.05) is 28.5 Å². The van der Waals surface area contributed by atoms with E-state index in [1.165, 1.54) is 0 Å². The maximum Gasteiger partial charge on any atom is 0.197 e. The number of para-hydroxylation sites is 1. The molecular weight excluding hydrogens is 348 g/mol. The fourth-order valence-electron chi connectivity index (χ4n) is 3.65. The number of rotatable bonds is 3. The molecule has 0 aliphatic heterocycles. The van der Waals surface area contributed by atoms with Crippen molar-refractivity contribution in [2.75, 3.05) is 0 Å². The fourth-order valence-corrected chi connectivity index (χ4v) is 3.65. The number of carbonyl (C=O) groups excluding carboxylic acids is 1. The van der Waals surface area contributed by atoms with Crippen molar-refractivity contribution < 1.29 is 14.3 Å². The lowest BCUT2D eigenvalue weighted by Crippen LogP contribution is -2.19. The molecular formula is C25H30O3. The summed E-state index contributed by atoms with van der Waals surface area (Å²) in [6, 6.07) is 11.3. The van der Waals surface area contributed by atoms with Crippen LogP contribution in [0.25, 0.3) is 11.0 Å². The van der Waals surface area contributed by atoms with Crippen LogP contribution in [-0.2, 0) is 17.3 Å². The summed E-state index contributed by atoms with van der Waals surface area (Å²) in [7, 11) is 0. The number of benzene rings is 2. The van der Waals surface area contributed by atoms with Gasteiger partial charge in [0.1, 0.15) is 17.1 Å². The molecule has 3 rings (SSSR count). The molecule has 3 nitrogen and oxygen atoms in total. The van der Waals surface area contributed by atoms with Gasteiger partial charge in [-0.25, -0.2) is 0 Å². The molecule has 1 heterocycles. The van der Waals surface area contributed by atoms with E-state index in [9.17, 15) is 9.90 Å². The maximum atomic E-state index is 13.6. The Bertz CT molecular complexity index is 1000. The van der Waals surface area contributed by atoms with Crippen LogP contribution in [-0.4, -0.2) is 10.9 Å². The van der Waals surface area contributed by atoms with Crippen LogP contribution in [0.4, 0.5) is 0 Å². The Morgan fingerprint density at radius 1 is 0.964 bits per heavy atom. The first-order valence-corrected chi connectivity index (χ1v) is 9.88. The monoisotopic (exact) mass is 378 g/mol. The number of furan rings is 1. The molecule has 2 aromatic carbocycles. The van der Waals surface area contributed by atoms with Crippen molar-refractivity contribution in [1.82, 2.24) is 0 Å². The minimum atomic E-state index is -0.285. The van der Waals surface area contributed by atoms with E-state index in [0.717, 1.165) is 22.1 Å². The normalized spacial score (nSPS) is 12.5. The Hall–Kier alpha value is -2.55. The van der Waals surface area contributed by atoms with Crippen LogP contribution in [0.15, 0.2) is 40.8 Å². The Morgan fingerprint density at radius 3 is 2.00 bits per heavy atom. The molecule has 0 saturated heterocycles. The van der Waals surface area contributed by atoms with Crippen LogP contribution in [0.3, 0.4) is 0 Å². The van der Waals surface area contributed by atoms with Crippen molar-refractivity contribution >= 4 is 16.8 Å². The zero-order chi connectivity index (χ0) is 20.9. The maximum absolute atomic E-state index is 13.6. The molecule has 148 valence electrons. The van der Waals surface area contributed by atoms with Gasteiger partial charge in [0.05, 0.1) is 5.56 Å². The third kappa shape index (κ3) is 3.46. The average Bonchev–Trinajstić information content (AvgIpc) is 2.97. The Labute approximate surface area is 167 Å². The van der Waals surface area contributed by atoms with E-state index in [4.69, 9.17) is 4.42 Å². The van der Waals surface area contributed by atoms with Crippen LogP contribution in [0.2, 0.25) is 0 Å². The standard InChI is InChI=1S/C25H30O3/c1-8-19-21(16-11-9-10-12-20(16)28-19)22(26)15-13-17(24(2,3)4)23(27)18(14-15)25(5,6)7/h9-14,27H,8H2,1-7H3. The summed E-state index contributed by atoms with van der Waals surface area (Å²) in [6.07, 6.45) is 0.645. The van der Waals surface area contributed by atoms with Gasteiger partial charge in [-0.3, -0.25) is 4.79 Å². The number of ketones is 1. The minimum absolute atomic E-state index is 0.0576. The predicted molar refractivity (Wildman–Crippen MR) is 115 cm³/mol. The second kappa shape index (κ2) is 6.80. The zero-order valence-electron chi connectivity index (χ0n) is 17.9. The predicted octanol–water partition coefficient (Wildman–Crippen LogP) is 6.53. The van der Waals surface area contributed by atoms with Crippen LogP contribution >= 0.6 is 0 Å². The van der Waals surface area contributed by atoms with Gasteiger partial charge in [-0.15, -0.1) is 0 Å². The summed E-state index contributed by atoms with van der Waals surface area (Å²) < 4.78 is 5.94. The molecule has 3 heteroatoms. The van der Waals surface area contributed by atoms with Gasteiger partial charge in [0.15, 0.2) is 5.78 Å². The smallest absolute Gasteiger partial charge is 0.197 e. The molecule has 0 atom stereocenters. The zero-order valence-corrected chi connectivity index (χ0v) is 17.9. The number of phenols is 1. The molecule has 0 fully saturated rings. The molecule has 0 aliphatic carbocycles. The second-order valence-electron chi connectivity index (χ2n) is 9.50.